The maximum absolute atomic E-state index is 13.6. The van der Waals surface area contributed by atoms with E-state index in [1.807, 2.05) is 39.8 Å². The highest BCUT2D eigenvalue weighted by Crippen LogP contribution is 2.29. The number of halogens is 1. The Kier molecular flexibility index (Phi) is 9.53. The van der Waals surface area contributed by atoms with Crippen molar-refractivity contribution in [3.63, 3.8) is 0 Å². The molecule has 2 aromatic carbocycles. The van der Waals surface area contributed by atoms with Crippen LogP contribution < -0.4 is 9.62 Å². The zero-order valence-electron chi connectivity index (χ0n) is 20.6. The molecule has 1 atom stereocenters. The first-order chi connectivity index (χ1) is 15.8. The van der Waals surface area contributed by atoms with Crippen molar-refractivity contribution < 1.29 is 18.0 Å². The lowest BCUT2D eigenvalue weighted by Crippen LogP contribution is -2.52. The first-order valence-electron chi connectivity index (χ1n) is 11.2. The van der Waals surface area contributed by atoms with Crippen LogP contribution in [0, 0.1) is 0 Å². The molecule has 2 rings (SSSR count). The van der Waals surface area contributed by atoms with E-state index in [1.54, 1.807) is 43.3 Å². The Labute approximate surface area is 208 Å². The summed E-state index contributed by atoms with van der Waals surface area (Å²) < 4.78 is 26.7. The summed E-state index contributed by atoms with van der Waals surface area (Å²) in [5, 5.41) is 3.38. The number of carbonyl (C=O) groups is 2. The number of carbonyl (C=O) groups excluding carboxylic acids is 2. The SMILES string of the molecule is CC(C)NC(=O)C(C)N(Cc1ccc(Cl)cc1)C(=O)CN(c1ccccc1C(C)C)S(C)(=O)=O. The van der Waals surface area contributed by atoms with Gasteiger partial charge in [0.25, 0.3) is 0 Å². The molecule has 0 bridgehead atoms. The number of sulfonamides is 1. The molecule has 1 N–H and O–H groups in total. The summed E-state index contributed by atoms with van der Waals surface area (Å²) in [5.41, 5.74) is 2.05. The maximum Gasteiger partial charge on any atom is 0.244 e. The molecular formula is C25H34ClN3O4S. The van der Waals surface area contributed by atoms with Crippen molar-refractivity contribution in [2.45, 2.75) is 59.2 Å². The van der Waals surface area contributed by atoms with Crippen molar-refractivity contribution in [3.8, 4) is 0 Å². The Hall–Kier alpha value is -2.58. The molecule has 0 heterocycles. The van der Waals surface area contributed by atoms with Crippen LogP contribution in [0.5, 0.6) is 0 Å². The van der Waals surface area contributed by atoms with Gasteiger partial charge in [0, 0.05) is 17.6 Å². The number of para-hydroxylation sites is 1. The lowest BCUT2D eigenvalue weighted by Gasteiger charge is -2.32. The lowest BCUT2D eigenvalue weighted by atomic mass is 10.0. The average Bonchev–Trinajstić information content (AvgIpc) is 2.75. The molecule has 7 nitrogen and oxygen atoms in total. The number of hydrogen-bond donors (Lipinski definition) is 1. The predicted molar refractivity (Wildman–Crippen MR) is 137 cm³/mol. The van der Waals surface area contributed by atoms with Gasteiger partial charge in [-0.15, -0.1) is 0 Å². The third-order valence-electron chi connectivity index (χ3n) is 5.37. The molecular weight excluding hydrogens is 474 g/mol. The van der Waals surface area contributed by atoms with E-state index in [9.17, 15) is 18.0 Å². The number of nitrogens with one attached hydrogen (secondary N) is 1. The van der Waals surface area contributed by atoms with Gasteiger partial charge in [-0.05, 0) is 56.0 Å². The lowest BCUT2D eigenvalue weighted by molar-refractivity contribution is -0.139. The molecule has 0 fully saturated rings. The van der Waals surface area contributed by atoms with Gasteiger partial charge in [0.15, 0.2) is 0 Å². The van der Waals surface area contributed by atoms with Gasteiger partial charge in [0.1, 0.15) is 12.6 Å². The van der Waals surface area contributed by atoms with Crippen LogP contribution >= 0.6 is 11.6 Å². The van der Waals surface area contributed by atoms with Crippen LogP contribution in [0.1, 0.15) is 51.7 Å². The first kappa shape index (κ1) is 27.7. The van der Waals surface area contributed by atoms with Crippen molar-refractivity contribution >= 4 is 39.1 Å². The predicted octanol–water partition coefficient (Wildman–Crippen LogP) is 4.17. The van der Waals surface area contributed by atoms with Gasteiger partial charge in [-0.2, -0.15) is 0 Å². The normalized spacial score (nSPS) is 12.5. The van der Waals surface area contributed by atoms with E-state index >= 15 is 0 Å². The summed E-state index contributed by atoms with van der Waals surface area (Å²) in [6.45, 7) is 8.95. The molecule has 0 saturated carbocycles. The third-order valence-corrected chi connectivity index (χ3v) is 6.75. The van der Waals surface area contributed by atoms with Gasteiger partial charge < -0.3 is 10.2 Å². The number of amides is 2. The minimum Gasteiger partial charge on any atom is -0.352 e. The number of anilines is 1. The molecule has 0 radical (unpaired) electrons. The second-order valence-corrected chi connectivity index (χ2v) is 11.3. The third kappa shape index (κ3) is 7.46. The zero-order valence-corrected chi connectivity index (χ0v) is 22.2. The van der Waals surface area contributed by atoms with Crippen LogP contribution in [0.25, 0.3) is 0 Å². The minimum atomic E-state index is -3.78. The summed E-state index contributed by atoms with van der Waals surface area (Å²) in [6.07, 6.45) is 1.08. The zero-order chi connectivity index (χ0) is 25.6. The van der Waals surface area contributed by atoms with Crippen molar-refractivity contribution in [2.75, 3.05) is 17.1 Å². The summed E-state index contributed by atoms with van der Waals surface area (Å²) in [6, 6.07) is 13.2. The van der Waals surface area contributed by atoms with Crippen molar-refractivity contribution in [3.05, 3.63) is 64.7 Å². The first-order valence-corrected chi connectivity index (χ1v) is 13.4. The smallest absolute Gasteiger partial charge is 0.244 e. The van der Waals surface area contributed by atoms with E-state index < -0.39 is 28.5 Å². The highest BCUT2D eigenvalue weighted by Gasteiger charge is 2.31. The van der Waals surface area contributed by atoms with E-state index in [0.29, 0.717) is 10.7 Å². The van der Waals surface area contributed by atoms with Crippen LogP contribution in [0.2, 0.25) is 5.02 Å². The Morgan fingerprint density at radius 2 is 1.56 bits per heavy atom. The van der Waals surface area contributed by atoms with Gasteiger partial charge in [0.2, 0.25) is 21.8 Å². The van der Waals surface area contributed by atoms with Crippen LogP contribution in [0.3, 0.4) is 0 Å². The summed E-state index contributed by atoms with van der Waals surface area (Å²) in [7, 11) is -3.78. The van der Waals surface area contributed by atoms with E-state index in [-0.39, 0.29) is 24.4 Å². The second kappa shape index (κ2) is 11.7. The Balaban J connectivity index is 2.45. The molecule has 2 amide bonds. The van der Waals surface area contributed by atoms with Crippen molar-refractivity contribution in [1.82, 2.24) is 10.2 Å². The maximum atomic E-state index is 13.6. The minimum absolute atomic E-state index is 0.0523. The fraction of sp³-hybridized carbons (Fsp3) is 0.440. The summed E-state index contributed by atoms with van der Waals surface area (Å²) in [5.74, 6) is -0.743. The van der Waals surface area contributed by atoms with Crippen LogP contribution in [0.15, 0.2) is 48.5 Å². The summed E-state index contributed by atoms with van der Waals surface area (Å²) >= 11 is 5.99. The molecule has 9 heteroatoms. The molecule has 0 aliphatic heterocycles. The molecule has 2 aromatic rings. The molecule has 186 valence electrons. The molecule has 34 heavy (non-hydrogen) atoms. The molecule has 1 unspecified atom stereocenters. The van der Waals surface area contributed by atoms with E-state index in [1.165, 1.54) is 4.90 Å². The molecule has 0 spiro atoms. The van der Waals surface area contributed by atoms with E-state index in [0.717, 1.165) is 21.7 Å². The topological polar surface area (TPSA) is 86.8 Å². The number of benzene rings is 2. The van der Waals surface area contributed by atoms with Crippen molar-refractivity contribution in [1.29, 1.82) is 0 Å². The molecule has 0 saturated heterocycles. The standard InChI is InChI=1S/C25H34ClN3O4S/c1-17(2)22-9-7-8-10-23(22)29(34(6,32)33)16-24(30)28(19(5)25(31)27-18(3)4)15-20-11-13-21(26)14-12-20/h7-14,17-19H,15-16H2,1-6H3,(H,27,31). The fourth-order valence-corrected chi connectivity index (χ4v) is 4.57. The quantitative estimate of drug-likeness (QED) is 0.523. The Bertz CT molecular complexity index is 1100. The number of rotatable bonds is 10. The number of nitrogens with zero attached hydrogens (tertiary/aromatic N) is 2. The highest BCUT2D eigenvalue weighted by molar-refractivity contribution is 7.92. The Morgan fingerprint density at radius 3 is 2.09 bits per heavy atom. The Morgan fingerprint density at radius 1 is 0.971 bits per heavy atom. The van der Waals surface area contributed by atoms with Crippen LogP contribution in [-0.2, 0) is 26.2 Å². The van der Waals surface area contributed by atoms with Crippen molar-refractivity contribution in [2.24, 2.45) is 0 Å². The molecule has 0 aliphatic rings. The van der Waals surface area contributed by atoms with Gasteiger partial charge in [-0.3, -0.25) is 13.9 Å². The fourth-order valence-electron chi connectivity index (χ4n) is 3.57. The van der Waals surface area contributed by atoms with Gasteiger partial charge in [-0.1, -0.05) is 55.8 Å². The second-order valence-electron chi connectivity index (χ2n) is 8.97. The van der Waals surface area contributed by atoms with Crippen LogP contribution in [0.4, 0.5) is 5.69 Å². The largest absolute Gasteiger partial charge is 0.352 e. The molecule has 0 aromatic heterocycles. The van der Waals surface area contributed by atoms with Gasteiger partial charge in [0.05, 0.1) is 11.9 Å². The van der Waals surface area contributed by atoms with Crippen LogP contribution in [-0.4, -0.2) is 50.0 Å². The van der Waals surface area contributed by atoms with Gasteiger partial charge in [-0.25, -0.2) is 8.42 Å². The van der Waals surface area contributed by atoms with Gasteiger partial charge >= 0.3 is 0 Å². The average molecular weight is 508 g/mol. The number of hydrogen-bond acceptors (Lipinski definition) is 4. The monoisotopic (exact) mass is 507 g/mol. The van der Waals surface area contributed by atoms with E-state index in [4.69, 9.17) is 11.6 Å². The molecule has 0 aliphatic carbocycles. The van der Waals surface area contributed by atoms with E-state index in [2.05, 4.69) is 5.32 Å². The summed E-state index contributed by atoms with van der Waals surface area (Å²) in [4.78, 5) is 27.8. The highest BCUT2D eigenvalue weighted by atomic mass is 35.5.